The van der Waals surface area contributed by atoms with Crippen molar-refractivity contribution < 1.29 is 13.9 Å². The number of anilines is 3. The van der Waals surface area contributed by atoms with Crippen LogP contribution in [0.15, 0.2) is 58.6 Å². The van der Waals surface area contributed by atoms with Crippen LogP contribution in [0.4, 0.5) is 22.0 Å². The van der Waals surface area contributed by atoms with Gasteiger partial charge in [0.15, 0.2) is 5.16 Å². The lowest BCUT2D eigenvalue weighted by Crippen LogP contribution is -2.41. The second-order valence-corrected chi connectivity index (χ2v) is 9.34. The average Bonchev–Trinajstić information content (AvgIpc) is 2.82. The molecule has 1 atom stereocenters. The zero-order valence-electron chi connectivity index (χ0n) is 20.3. The number of carbonyl (C=O) groups excluding carboxylic acids is 1. The molecule has 2 aromatic carbocycles. The summed E-state index contributed by atoms with van der Waals surface area (Å²) >= 11 is 1.34. The number of halogens is 1. The smallest absolute Gasteiger partial charge is 0.242 e. The maximum atomic E-state index is 13.7. The van der Waals surface area contributed by atoms with E-state index in [4.69, 9.17) is 4.74 Å². The van der Waals surface area contributed by atoms with Gasteiger partial charge in [0.1, 0.15) is 17.6 Å². The van der Waals surface area contributed by atoms with Crippen LogP contribution < -0.4 is 20.7 Å². The Hall–Kier alpha value is -3.40. The van der Waals surface area contributed by atoms with E-state index in [0.29, 0.717) is 23.8 Å². The summed E-state index contributed by atoms with van der Waals surface area (Å²) < 4.78 is 18.9. The molecule has 35 heavy (non-hydrogen) atoms. The van der Waals surface area contributed by atoms with Crippen LogP contribution in [0, 0.1) is 11.7 Å². The number of ether oxygens (including phenoxy) is 1. The minimum absolute atomic E-state index is 0.107. The lowest BCUT2D eigenvalue weighted by Gasteiger charge is -2.20. The van der Waals surface area contributed by atoms with Crippen LogP contribution in [0.25, 0.3) is 0 Å². The fraction of sp³-hybridized carbons (Fsp3) is 0.360. The molecule has 0 fully saturated rings. The first kappa shape index (κ1) is 26.2. The van der Waals surface area contributed by atoms with E-state index in [2.05, 4.69) is 44.7 Å². The second kappa shape index (κ2) is 12.9. The highest BCUT2D eigenvalue weighted by Crippen LogP contribution is 2.28. The molecule has 10 heteroatoms. The Kier molecular flexibility index (Phi) is 9.66. The van der Waals surface area contributed by atoms with Gasteiger partial charge in [-0.25, -0.2) is 4.39 Å². The van der Waals surface area contributed by atoms with E-state index >= 15 is 0 Å². The molecule has 0 radical (unpaired) electrons. The van der Waals surface area contributed by atoms with Gasteiger partial charge in [-0.2, -0.15) is 15.0 Å². The van der Waals surface area contributed by atoms with E-state index in [-0.39, 0.29) is 29.5 Å². The van der Waals surface area contributed by atoms with Crippen molar-refractivity contribution in [1.29, 1.82) is 0 Å². The summed E-state index contributed by atoms with van der Waals surface area (Å²) in [5.74, 6) is 1.04. The van der Waals surface area contributed by atoms with Crippen LogP contribution in [0.1, 0.15) is 33.6 Å². The topological polar surface area (TPSA) is 101 Å². The van der Waals surface area contributed by atoms with E-state index in [0.717, 1.165) is 17.1 Å². The molecule has 0 saturated carbocycles. The highest BCUT2D eigenvalue weighted by Gasteiger charge is 2.21. The Labute approximate surface area is 209 Å². The Bertz CT molecular complexity index is 1110. The van der Waals surface area contributed by atoms with Crippen LogP contribution in [0.2, 0.25) is 0 Å². The summed E-state index contributed by atoms with van der Waals surface area (Å²) in [4.78, 5) is 27.2. The molecule has 0 aliphatic carbocycles. The molecule has 0 saturated heterocycles. The van der Waals surface area contributed by atoms with Gasteiger partial charge in [0, 0.05) is 17.1 Å². The van der Waals surface area contributed by atoms with Gasteiger partial charge in [0.05, 0.1) is 7.11 Å². The number of nitrogens with zero attached hydrogens (tertiary/aromatic N) is 3. The Morgan fingerprint density at radius 2 is 1.83 bits per heavy atom. The van der Waals surface area contributed by atoms with Gasteiger partial charge < -0.3 is 20.7 Å². The van der Waals surface area contributed by atoms with E-state index in [9.17, 15) is 9.18 Å². The van der Waals surface area contributed by atoms with E-state index in [1.807, 2.05) is 31.2 Å². The molecule has 0 spiro atoms. The summed E-state index contributed by atoms with van der Waals surface area (Å²) in [5.41, 5.74) is 0.502. The van der Waals surface area contributed by atoms with Crippen LogP contribution in [0.5, 0.6) is 5.75 Å². The third-order valence-corrected chi connectivity index (χ3v) is 5.71. The number of benzene rings is 2. The third-order valence-electron chi connectivity index (χ3n) is 4.84. The van der Waals surface area contributed by atoms with Crippen molar-refractivity contribution in [3.8, 4) is 5.75 Å². The molecule has 3 aromatic rings. The molecule has 0 aliphatic heterocycles. The minimum atomic E-state index is -0.509. The number of rotatable bonds is 12. The number of methoxy groups -OCH3 is 1. The first-order valence-electron chi connectivity index (χ1n) is 11.5. The summed E-state index contributed by atoms with van der Waals surface area (Å²) in [6.45, 7) is 6.70. The fourth-order valence-electron chi connectivity index (χ4n) is 3.20. The zero-order chi connectivity index (χ0) is 25.2. The molecular weight excluding hydrogens is 467 g/mol. The number of carbonyl (C=O) groups is 1. The molecule has 1 aromatic heterocycles. The third kappa shape index (κ3) is 8.40. The molecule has 3 N–H and O–H groups in total. The Morgan fingerprint density at radius 3 is 2.49 bits per heavy atom. The Morgan fingerprint density at radius 1 is 1.09 bits per heavy atom. The largest absolute Gasteiger partial charge is 0.497 e. The quantitative estimate of drug-likeness (QED) is 0.311. The summed E-state index contributed by atoms with van der Waals surface area (Å²) in [5, 5.41) is 9.57. The molecule has 186 valence electrons. The van der Waals surface area contributed by atoms with Crippen molar-refractivity contribution in [3.63, 3.8) is 0 Å². The Balaban J connectivity index is 1.90. The first-order chi connectivity index (χ1) is 16.9. The molecular formula is C25H31FN6O2S. The average molecular weight is 499 g/mol. The lowest BCUT2D eigenvalue weighted by atomic mass is 10.0. The molecule has 8 nitrogen and oxygen atoms in total. The predicted octanol–water partition coefficient (Wildman–Crippen LogP) is 5.27. The number of nitrogens with one attached hydrogen (secondary N) is 3. The molecule has 1 amide bonds. The molecule has 0 unspecified atom stereocenters. The van der Waals surface area contributed by atoms with Crippen molar-refractivity contribution in [3.05, 3.63) is 54.3 Å². The van der Waals surface area contributed by atoms with E-state index < -0.39 is 6.04 Å². The van der Waals surface area contributed by atoms with Crippen molar-refractivity contribution in [2.45, 2.75) is 49.7 Å². The van der Waals surface area contributed by atoms with Crippen molar-refractivity contribution in [2.75, 3.05) is 24.3 Å². The fourth-order valence-corrected chi connectivity index (χ4v) is 3.94. The van der Waals surface area contributed by atoms with Crippen LogP contribution in [-0.4, -0.2) is 40.6 Å². The van der Waals surface area contributed by atoms with Gasteiger partial charge in [-0.3, -0.25) is 4.79 Å². The predicted molar refractivity (Wildman–Crippen MR) is 137 cm³/mol. The molecule has 0 aliphatic rings. The van der Waals surface area contributed by atoms with Crippen LogP contribution in [-0.2, 0) is 4.79 Å². The van der Waals surface area contributed by atoms with Crippen molar-refractivity contribution in [2.24, 2.45) is 5.92 Å². The van der Waals surface area contributed by atoms with Gasteiger partial charge in [-0.15, -0.1) is 0 Å². The maximum Gasteiger partial charge on any atom is 0.242 e. The molecule has 1 heterocycles. The summed E-state index contributed by atoms with van der Waals surface area (Å²) in [6, 6.07) is 13.0. The maximum absolute atomic E-state index is 13.7. The van der Waals surface area contributed by atoms with E-state index in [1.54, 1.807) is 19.2 Å². The van der Waals surface area contributed by atoms with Gasteiger partial charge in [-0.1, -0.05) is 26.8 Å². The van der Waals surface area contributed by atoms with E-state index in [1.165, 1.54) is 23.9 Å². The van der Waals surface area contributed by atoms with Crippen LogP contribution >= 0.6 is 11.8 Å². The number of aromatic nitrogens is 3. The standard InChI is InChI=1S/C25H31FN6O2S/c1-5-13-27-22(33)21(14-16(2)3)29-24-30-23(28-18-8-6-7-17(26)15-18)31-25(32-24)35-20-11-9-19(34-4)10-12-20/h6-12,15-16,21H,5,13-14H2,1-4H3,(H,27,33)(H2,28,29,30,31,32)/t21-/m0/s1. The minimum Gasteiger partial charge on any atom is -0.497 e. The SMILES string of the molecule is CCCNC(=O)[C@H](CC(C)C)Nc1nc(Nc2cccc(F)c2)nc(Sc2ccc(OC)cc2)n1. The lowest BCUT2D eigenvalue weighted by molar-refractivity contribution is -0.122. The van der Waals surface area contributed by atoms with Gasteiger partial charge in [-0.05, 0) is 73.0 Å². The normalized spacial score (nSPS) is 11.7. The van der Waals surface area contributed by atoms with Gasteiger partial charge in [0.2, 0.25) is 17.8 Å². The number of hydrogen-bond donors (Lipinski definition) is 3. The first-order valence-corrected chi connectivity index (χ1v) is 12.3. The van der Waals surface area contributed by atoms with Gasteiger partial charge >= 0.3 is 0 Å². The highest BCUT2D eigenvalue weighted by atomic mass is 32.2. The summed E-state index contributed by atoms with van der Waals surface area (Å²) in [6.07, 6.45) is 1.45. The summed E-state index contributed by atoms with van der Waals surface area (Å²) in [7, 11) is 1.61. The molecule has 0 bridgehead atoms. The number of hydrogen-bond acceptors (Lipinski definition) is 8. The highest BCUT2D eigenvalue weighted by molar-refractivity contribution is 7.99. The zero-order valence-corrected chi connectivity index (χ0v) is 21.2. The van der Waals surface area contributed by atoms with Gasteiger partial charge in [0.25, 0.3) is 0 Å². The van der Waals surface area contributed by atoms with Crippen molar-refractivity contribution >= 4 is 35.3 Å². The van der Waals surface area contributed by atoms with Crippen LogP contribution in [0.3, 0.4) is 0 Å². The van der Waals surface area contributed by atoms with Crippen molar-refractivity contribution in [1.82, 2.24) is 20.3 Å². The number of amides is 1. The monoisotopic (exact) mass is 498 g/mol. The second-order valence-electron chi connectivity index (χ2n) is 8.30. The molecule has 3 rings (SSSR count).